The van der Waals surface area contributed by atoms with E-state index in [1.165, 1.54) is 0 Å². The van der Waals surface area contributed by atoms with Crippen molar-refractivity contribution in [2.75, 3.05) is 0 Å². The molecule has 0 radical (unpaired) electrons. The van der Waals surface area contributed by atoms with Crippen LogP contribution in [0.4, 0.5) is 4.39 Å². The van der Waals surface area contributed by atoms with Crippen LogP contribution in [0.1, 0.15) is 5.56 Å². The fourth-order valence-corrected chi connectivity index (χ4v) is 2.24. The summed E-state index contributed by atoms with van der Waals surface area (Å²) in [6, 6.07) is 9.73. The minimum atomic E-state index is -0.939. The standard InChI is InChI=1S/C9H7FN2S2/c10-9-12-11-8(14(9)13)6-7-4-2-1-3-5-7/h1-5H,6H2. The normalized spacial score (nSPS) is 20.5. The van der Waals surface area contributed by atoms with Crippen molar-refractivity contribution >= 4 is 31.0 Å². The van der Waals surface area contributed by atoms with E-state index in [9.17, 15) is 4.39 Å². The van der Waals surface area contributed by atoms with E-state index >= 15 is 0 Å². The van der Waals surface area contributed by atoms with E-state index in [2.05, 4.69) is 10.2 Å². The van der Waals surface area contributed by atoms with Crippen molar-refractivity contribution in [3.05, 3.63) is 35.9 Å². The smallest absolute Gasteiger partial charge is 0.174 e. The molecule has 1 aliphatic heterocycles. The third kappa shape index (κ3) is 1.93. The zero-order valence-electron chi connectivity index (χ0n) is 7.18. The Kier molecular flexibility index (Phi) is 2.79. The lowest BCUT2D eigenvalue weighted by Crippen LogP contribution is -2.10. The second-order valence-electron chi connectivity index (χ2n) is 2.78. The summed E-state index contributed by atoms with van der Waals surface area (Å²) in [4.78, 5) is 0. The first-order valence-electron chi connectivity index (χ1n) is 4.03. The van der Waals surface area contributed by atoms with Gasteiger partial charge < -0.3 is 0 Å². The minimum absolute atomic E-state index is 0.536. The second kappa shape index (κ2) is 4.06. The fourth-order valence-electron chi connectivity index (χ4n) is 1.14. The summed E-state index contributed by atoms with van der Waals surface area (Å²) in [5, 5.41) is 7.18. The number of hydrogen-bond acceptors (Lipinski definition) is 3. The highest BCUT2D eigenvalue weighted by atomic mass is 32.8. The topological polar surface area (TPSA) is 24.7 Å². The van der Waals surface area contributed by atoms with Gasteiger partial charge in [0.05, 0.1) is 0 Å². The fraction of sp³-hybridized carbons (Fsp3) is 0.111. The summed E-state index contributed by atoms with van der Waals surface area (Å²) >= 11 is 4.94. The quantitative estimate of drug-likeness (QED) is 0.756. The van der Waals surface area contributed by atoms with Gasteiger partial charge in [-0.1, -0.05) is 30.3 Å². The summed E-state index contributed by atoms with van der Waals surface area (Å²) < 4.78 is 12.8. The molecule has 0 fully saturated rings. The molecule has 1 atom stereocenters. The van der Waals surface area contributed by atoms with Crippen LogP contribution in [-0.4, -0.2) is 10.3 Å². The van der Waals surface area contributed by atoms with Crippen LogP contribution >= 0.6 is 0 Å². The van der Waals surface area contributed by atoms with Gasteiger partial charge >= 0.3 is 0 Å². The molecular formula is C9H7FN2S2. The third-order valence-electron chi connectivity index (χ3n) is 1.81. The van der Waals surface area contributed by atoms with E-state index in [0.717, 1.165) is 5.56 Å². The number of benzene rings is 1. The average molecular weight is 226 g/mol. The van der Waals surface area contributed by atoms with E-state index in [1.54, 1.807) is 0 Å². The maximum absolute atomic E-state index is 12.8. The lowest BCUT2D eigenvalue weighted by molar-refractivity contribution is 0.823. The molecule has 0 saturated carbocycles. The highest BCUT2D eigenvalue weighted by Crippen LogP contribution is 2.10. The van der Waals surface area contributed by atoms with Gasteiger partial charge in [0.1, 0.15) is 5.04 Å². The van der Waals surface area contributed by atoms with Crippen LogP contribution in [0.25, 0.3) is 0 Å². The molecule has 2 nitrogen and oxygen atoms in total. The molecule has 2 rings (SSSR count). The Hall–Kier alpha value is -0.940. The van der Waals surface area contributed by atoms with Crippen LogP contribution in [0.5, 0.6) is 0 Å². The van der Waals surface area contributed by atoms with E-state index in [4.69, 9.17) is 11.2 Å². The van der Waals surface area contributed by atoms with Gasteiger partial charge in [0, 0.05) is 15.9 Å². The summed E-state index contributed by atoms with van der Waals surface area (Å²) in [6.07, 6.45) is 0.588. The highest BCUT2D eigenvalue weighted by molar-refractivity contribution is 8.45. The van der Waals surface area contributed by atoms with Gasteiger partial charge in [-0.15, -0.1) is 10.2 Å². The van der Waals surface area contributed by atoms with Gasteiger partial charge in [-0.25, -0.2) is 0 Å². The Bertz CT molecular complexity index is 426. The molecule has 5 heteroatoms. The lowest BCUT2D eigenvalue weighted by atomic mass is 10.2. The SMILES string of the molecule is FC1=NN=C(Cc2ccccc2)S1=S. The van der Waals surface area contributed by atoms with E-state index in [0.29, 0.717) is 11.5 Å². The van der Waals surface area contributed by atoms with Gasteiger partial charge in [-0.3, -0.25) is 0 Å². The van der Waals surface area contributed by atoms with Crippen LogP contribution in [0, 0.1) is 0 Å². The summed E-state index contributed by atoms with van der Waals surface area (Å²) in [7, 11) is -0.939. The molecule has 72 valence electrons. The summed E-state index contributed by atoms with van der Waals surface area (Å²) in [5.41, 5.74) is 1.08. The molecule has 1 aromatic carbocycles. The van der Waals surface area contributed by atoms with Crippen LogP contribution in [0.2, 0.25) is 0 Å². The zero-order valence-corrected chi connectivity index (χ0v) is 8.82. The van der Waals surface area contributed by atoms with Crippen molar-refractivity contribution in [1.29, 1.82) is 0 Å². The molecule has 1 heterocycles. The Morgan fingerprint density at radius 1 is 1.21 bits per heavy atom. The number of hydrogen-bond donors (Lipinski definition) is 0. The third-order valence-corrected chi connectivity index (χ3v) is 3.84. The van der Waals surface area contributed by atoms with Crippen molar-refractivity contribution in [2.24, 2.45) is 10.2 Å². The lowest BCUT2D eigenvalue weighted by Gasteiger charge is -1.99. The largest absolute Gasteiger partial charge is 0.276 e. The minimum Gasteiger partial charge on any atom is -0.174 e. The van der Waals surface area contributed by atoms with E-state index in [-0.39, 0.29) is 0 Å². The molecule has 0 N–H and O–H groups in total. The van der Waals surface area contributed by atoms with E-state index < -0.39 is 14.8 Å². The van der Waals surface area contributed by atoms with Gasteiger partial charge in [0.15, 0.2) is 0 Å². The van der Waals surface area contributed by atoms with Crippen molar-refractivity contribution in [2.45, 2.75) is 6.42 Å². The average Bonchev–Trinajstić information content (AvgIpc) is 2.52. The molecule has 0 amide bonds. The molecule has 14 heavy (non-hydrogen) atoms. The van der Waals surface area contributed by atoms with Crippen molar-refractivity contribution < 1.29 is 4.39 Å². The van der Waals surface area contributed by atoms with E-state index in [1.807, 2.05) is 30.3 Å². The molecule has 1 aromatic rings. The Morgan fingerprint density at radius 3 is 2.50 bits per heavy atom. The Morgan fingerprint density at radius 2 is 1.93 bits per heavy atom. The molecule has 0 aromatic heterocycles. The number of nitrogens with zero attached hydrogens (tertiary/aromatic N) is 2. The van der Waals surface area contributed by atoms with Crippen LogP contribution in [0.3, 0.4) is 0 Å². The molecule has 1 aliphatic rings. The molecular weight excluding hydrogens is 219 g/mol. The summed E-state index contributed by atoms with van der Waals surface area (Å²) in [6.45, 7) is 0. The molecule has 0 aliphatic carbocycles. The van der Waals surface area contributed by atoms with Gasteiger partial charge in [0.25, 0.3) is 5.30 Å². The first kappa shape index (κ1) is 9.61. The maximum Gasteiger partial charge on any atom is 0.276 e. The number of halogens is 1. The van der Waals surface area contributed by atoms with Gasteiger partial charge in [-0.05, 0) is 16.8 Å². The Balaban J connectivity index is 2.12. The maximum atomic E-state index is 12.8. The molecule has 0 bridgehead atoms. The van der Waals surface area contributed by atoms with Crippen molar-refractivity contribution in [3.63, 3.8) is 0 Å². The van der Waals surface area contributed by atoms with Crippen LogP contribution < -0.4 is 0 Å². The zero-order chi connectivity index (χ0) is 9.97. The summed E-state index contributed by atoms with van der Waals surface area (Å²) in [5.74, 6) is 0. The Labute approximate surface area is 88.1 Å². The molecule has 0 spiro atoms. The van der Waals surface area contributed by atoms with Crippen LogP contribution in [-0.2, 0) is 27.1 Å². The van der Waals surface area contributed by atoms with Gasteiger partial charge in [0.2, 0.25) is 0 Å². The first-order valence-corrected chi connectivity index (χ1v) is 6.18. The van der Waals surface area contributed by atoms with Gasteiger partial charge in [-0.2, -0.15) is 4.39 Å². The van der Waals surface area contributed by atoms with Crippen molar-refractivity contribution in [3.8, 4) is 0 Å². The molecule has 1 unspecified atom stereocenters. The number of rotatable bonds is 2. The van der Waals surface area contributed by atoms with Crippen molar-refractivity contribution in [1.82, 2.24) is 0 Å². The molecule has 0 saturated heterocycles. The second-order valence-corrected chi connectivity index (χ2v) is 5.12. The van der Waals surface area contributed by atoms with Crippen LogP contribution in [0.15, 0.2) is 40.5 Å². The first-order chi connectivity index (χ1) is 6.77. The highest BCUT2D eigenvalue weighted by Gasteiger charge is 2.18. The monoisotopic (exact) mass is 226 g/mol. The predicted molar refractivity (Wildman–Crippen MR) is 60.9 cm³/mol. The predicted octanol–water partition coefficient (Wildman–Crippen LogP) is 1.96.